The fourth-order valence-corrected chi connectivity index (χ4v) is 3.67. The van der Waals surface area contributed by atoms with Crippen LogP contribution in [0.1, 0.15) is 38.2 Å². The van der Waals surface area contributed by atoms with E-state index in [4.69, 9.17) is 16.3 Å². The number of carbonyl (C=O) groups is 1. The molecule has 1 N–H and O–H groups in total. The van der Waals surface area contributed by atoms with Crippen LogP contribution in [0, 0.1) is 17.8 Å². The molecular formula is C17H23ClO3. The molecule has 116 valence electrons. The molecule has 21 heavy (non-hydrogen) atoms. The number of methoxy groups -OCH3 is 1. The van der Waals surface area contributed by atoms with E-state index in [2.05, 4.69) is 6.92 Å². The number of benzene rings is 1. The van der Waals surface area contributed by atoms with Crippen LogP contribution >= 0.6 is 11.6 Å². The van der Waals surface area contributed by atoms with Crippen LogP contribution in [-0.4, -0.2) is 18.2 Å². The van der Waals surface area contributed by atoms with Crippen molar-refractivity contribution in [2.24, 2.45) is 17.8 Å². The monoisotopic (exact) mass is 310 g/mol. The molecule has 4 heteroatoms. The van der Waals surface area contributed by atoms with Gasteiger partial charge in [0, 0.05) is 5.02 Å². The maximum Gasteiger partial charge on any atom is 0.306 e. The zero-order valence-electron chi connectivity index (χ0n) is 12.6. The highest BCUT2D eigenvalue weighted by Gasteiger charge is 2.34. The van der Waals surface area contributed by atoms with Gasteiger partial charge in [0.15, 0.2) is 0 Å². The molecule has 1 aliphatic carbocycles. The van der Waals surface area contributed by atoms with Crippen LogP contribution in [0.25, 0.3) is 0 Å². The first kappa shape index (κ1) is 16.2. The van der Waals surface area contributed by atoms with E-state index in [0.29, 0.717) is 10.9 Å². The Bertz CT molecular complexity index is 501. The fraction of sp³-hybridized carbons (Fsp3) is 0.588. The van der Waals surface area contributed by atoms with Gasteiger partial charge in [-0.25, -0.2) is 0 Å². The lowest BCUT2D eigenvalue weighted by Crippen LogP contribution is -2.32. The third-order valence-electron chi connectivity index (χ3n) is 4.71. The van der Waals surface area contributed by atoms with E-state index in [1.807, 2.05) is 12.1 Å². The van der Waals surface area contributed by atoms with Crippen molar-refractivity contribution in [1.82, 2.24) is 0 Å². The van der Waals surface area contributed by atoms with Gasteiger partial charge in [0.05, 0.1) is 13.0 Å². The average Bonchev–Trinajstić information content (AvgIpc) is 2.47. The first-order valence-corrected chi connectivity index (χ1v) is 7.98. The molecule has 0 aliphatic heterocycles. The molecule has 1 aliphatic rings. The van der Waals surface area contributed by atoms with Gasteiger partial charge in [-0.3, -0.25) is 4.79 Å². The number of hydrogen-bond donors (Lipinski definition) is 1. The van der Waals surface area contributed by atoms with Crippen molar-refractivity contribution < 1.29 is 14.6 Å². The Morgan fingerprint density at radius 1 is 1.43 bits per heavy atom. The van der Waals surface area contributed by atoms with Crippen molar-refractivity contribution in [2.75, 3.05) is 7.11 Å². The van der Waals surface area contributed by atoms with E-state index in [1.165, 1.54) is 0 Å². The predicted molar refractivity (Wildman–Crippen MR) is 84.0 cm³/mol. The zero-order valence-corrected chi connectivity index (χ0v) is 13.4. The van der Waals surface area contributed by atoms with E-state index in [0.717, 1.165) is 43.4 Å². The Morgan fingerprint density at radius 2 is 2.19 bits per heavy atom. The Hall–Kier alpha value is -1.22. The number of rotatable bonds is 5. The maximum atomic E-state index is 11.5. The normalized spacial score (nSPS) is 25.6. The van der Waals surface area contributed by atoms with E-state index in [1.54, 1.807) is 13.2 Å². The van der Waals surface area contributed by atoms with Crippen molar-refractivity contribution in [3.8, 4) is 5.75 Å². The summed E-state index contributed by atoms with van der Waals surface area (Å²) in [7, 11) is 1.64. The topological polar surface area (TPSA) is 46.5 Å². The van der Waals surface area contributed by atoms with Gasteiger partial charge < -0.3 is 9.84 Å². The second-order valence-electron chi connectivity index (χ2n) is 5.95. The summed E-state index contributed by atoms with van der Waals surface area (Å²) in [4.78, 5) is 11.5. The van der Waals surface area contributed by atoms with Crippen molar-refractivity contribution in [1.29, 1.82) is 0 Å². The van der Waals surface area contributed by atoms with Gasteiger partial charge in [-0.2, -0.15) is 0 Å². The molecule has 0 saturated heterocycles. The summed E-state index contributed by atoms with van der Waals surface area (Å²) in [5.41, 5.74) is 1.01. The fourth-order valence-electron chi connectivity index (χ4n) is 3.47. The second-order valence-corrected chi connectivity index (χ2v) is 6.39. The molecule has 1 saturated carbocycles. The lowest BCUT2D eigenvalue weighted by molar-refractivity contribution is -0.145. The van der Waals surface area contributed by atoms with Gasteiger partial charge in [-0.15, -0.1) is 0 Å². The molecule has 0 amide bonds. The third-order valence-corrected chi connectivity index (χ3v) is 4.95. The lowest BCUT2D eigenvalue weighted by Gasteiger charge is -2.34. The van der Waals surface area contributed by atoms with Gasteiger partial charge in [0.1, 0.15) is 5.75 Å². The molecule has 2 rings (SSSR count). The van der Waals surface area contributed by atoms with Crippen LogP contribution in [0.15, 0.2) is 18.2 Å². The van der Waals surface area contributed by atoms with Crippen LogP contribution in [0.2, 0.25) is 5.02 Å². The number of halogens is 1. The molecule has 3 unspecified atom stereocenters. The highest BCUT2D eigenvalue weighted by atomic mass is 35.5. The summed E-state index contributed by atoms with van der Waals surface area (Å²) in [6.45, 7) is 2.18. The third kappa shape index (κ3) is 3.91. The minimum absolute atomic E-state index is 0.161. The Balaban J connectivity index is 2.21. The summed E-state index contributed by atoms with van der Waals surface area (Å²) in [5.74, 6) is 0.665. The van der Waals surface area contributed by atoms with Crippen LogP contribution in [-0.2, 0) is 11.2 Å². The highest BCUT2D eigenvalue weighted by molar-refractivity contribution is 6.30. The molecule has 0 radical (unpaired) electrons. The summed E-state index contributed by atoms with van der Waals surface area (Å²) >= 11 is 6.07. The lowest BCUT2D eigenvalue weighted by atomic mass is 9.71. The van der Waals surface area contributed by atoms with Gasteiger partial charge in [0.2, 0.25) is 0 Å². The molecule has 1 aromatic carbocycles. The SMILES string of the molecule is CCC1CCC(C(=O)O)C(Cc2cc(Cl)ccc2OC)C1. The van der Waals surface area contributed by atoms with Crippen molar-refractivity contribution in [3.05, 3.63) is 28.8 Å². The number of hydrogen-bond acceptors (Lipinski definition) is 2. The minimum atomic E-state index is -0.671. The molecule has 1 aromatic rings. The van der Waals surface area contributed by atoms with Crippen LogP contribution in [0.3, 0.4) is 0 Å². The molecule has 3 atom stereocenters. The number of aliphatic carboxylic acids is 1. The summed E-state index contributed by atoms with van der Waals surface area (Å²) in [6.07, 6.45) is 4.62. The Kier molecular flexibility index (Phi) is 5.51. The van der Waals surface area contributed by atoms with Gasteiger partial charge in [-0.05, 0) is 61.3 Å². The van der Waals surface area contributed by atoms with E-state index < -0.39 is 5.97 Å². The number of ether oxygens (including phenoxy) is 1. The Labute approximate surface area is 131 Å². The minimum Gasteiger partial charge on any atom is -0.496 e. The van der Waals surface area contributed by atoms with E-state index in [-0.39, 0.29) is 11.8 Å². The van der Waals surface area contributed by atoms with Gasteiger partial charge >= 0.3 is 5.97 Å². The predicted octanol–water partition coefficient (Wildman–Crippen LogP) is 4.42. The first-order chi connectivity index (χ1) is 10.0. The van der Waals surface area contributed by atoms with Crippen molar-refractivity contribution in [3.63, 3.8) is 0 Å². The Morgan fingerprint density at radius 3 is 2.81 bits per heavy atom. The summed E-state index contributed by atoms with van der Waals surface area (Å²) in [6, 6.07) is 5.55. The zero-order chi connectivity index (χ0) is 15.4. The summed E-state index contributed by atoms with van der Waals surface area (Å²) < 4.78 is 5.38. The smallest absolute Gasteiger partial charge is 0.306 e. The number of carboxylic acids is 1. The first-order valence-electron chi connectivity index (χ1n) is 7.60. The molecule has 3 nitrogen and oxygen atoms in total. The molecule has 0 aromatic heterocycles. The molecule has 0 bridgehead atoms. The van der Waals surface area contributed by atoms with Crippen LogP contribution in [0.5, 0.6) is 5.75 Å². The standard InChI is InChI=1S/C17H23ClO3/c1-3-11-4-6-15(17(19)20)12(8-11)9-13-10-14(18)5-7-16(13)21-2/h5,7,10-12,15H,3-4,6,8-9H2,1-2H3,(H,19,20). The largest absolute Gasteiger partial charge is 0.496 e. The molecule has 1 fully saturated rings. The van der Waals surface area contributed by atoms with Crippen LogP contribution in [0.4, 0.5) is 0 Å². The quantitative estimate of drug-likeness (QED) is 0.875. The van der Waals surface area contributed by atoms with Crippen molar-refractivity contribution >= 4 is 17.6 Å². The maximum absolute atomic E-state index is 11.5. The molecule has 0 heterocycles. The summed E-state index contributed by atoms with van der Waals surface area (Å²) in [5, 5.41) is 10.1. The molecular weight excluding hydrogens is 288 g/mol. The second kappa shape index (κ2) is 7.17. The highest BCUT2D eigenvalue weighted by Crippen LogP contribution is 2.39. The van der Waals surface area contributed by atoms with Gasteiger partial charge in [-0.1, -0.05) is 24.9 Å². The van der Waals surface area contributed by atoms with Gasteiger partial charge in [0.25, 0.3) is 0 Å². The molecule has 0 spiro atoms. The number of carboxylic acid groups (broad SMARTS) is 1. The average molecular weight is 311 g/mol. The van der Waals surface area contributed by atoms with E-state index >= 15 is 0 Å². The van der Waals surface area contributed by atoms with Crippen LogP contribution < -0.4 is 4.74 Å². The van der Waals surface area contributed by atoms with Crippen molar-refractivity contribution in [2.45, 2.75) is 39.0 Å². The van der Waals surface area contributed by atoms with E-state index in [9.17, 15) is 9.90 Å².